The van der Waals surface area contributed by atoms with Crippen molar-refractivity contribution >= 4 is 11.8 Å². The van der Waals surface area contributed by atoms with Crippen LogP contribution in [0.4, 0.5) is 5.82 Å². The van der Waals surface area contributed by atoms with E-state index >= 15 is 0 Å². The zero-order valence-electron chi connectivity index (χ0n) is 7.05. The number of ether oxygens (including phenoxy) is 1. The van der Waals surface area contributed by atoms with E-state index < -0.39 is 0 Å². The van der Waals surface area contributed by atoms with Crippen molar-refractivity contribution in [3.63, 3.8) is 0 Å². The number of esters is 1. The monoisotopic (exact) mass is 169 g/mol. The number of carbonyl (C=O) groups is 1. The van der Waals surface area contributed by atoms with Crippen molar-refractivity contribution in [2.75, 3.05) is 19.0 Å². The van der Waals surface area contributed by atoms with Gasteiger partial charge in [-0.3, -0.25) is 0 Å². The van der Waals surface area contributed by atoms with E-state index in [1.807, 2.05) is 0 Å². The number of H-pyrrole nitrogens is 1. The van der Waals surface area contributed by atoms with Gasteiger partial charge in [0.1, 0.15) is 0 Å². The van der Waals surface area contributed by atoms with E-state index in [9.17, 15) is 4.79 Å². The zero-order valence-corrected chi connectivity index (χ0v) is 7.05. The van der Waals surface area contributed by atoms with E-state index in [0.717, 1.165) is 0 Å². The predicted octanol–water partition coefficient (Wildman–Crippen LogP) is 0.628. The molecule has 12 heavy (non-hydrogen) atoms. The summed E-state index contributed by atoms with van der Waals surface area (Å²) >= 11 is 0. The summed E-state index contributed by atoms with van der Waals surface area (Å²) in [7, 11) is 1.69. The van der Waals surface area contributed by atoms with Gasteiger partial charge in [-0.2, -0.15) is 0 Å². The molecule has 0 amide bonds. The number of hydrogen-bond acceptors (Lipinski definition) is 4. The first-order valence-corrected chi connectivity index (χ1v) is 3.67. The maximum absolute atomic E-state index is 11.2. The highest BCUT2D eigenvalue weighted by atomic mass is 16.5. The molecule has 0 fully saturated rings. The van der Waals surface area contributed by atoms with E-state index in [1.165, 1.54) is 6.33 Å². The molecule has 0 saturated carbocycles. The number of rotatable bonds is 3. The standard InChI is InChI=1S/C7H11N3O2/c1-3-12-7(11)5-6(8-2)10-4-9-5/h4,8H,3H2,1-2H3,(H,9,10). The second-order valence-corrected chi connectivity index (χ2v) is 2.10. The highest BCUT2D eigenvalue weighted by Crippen LogP contribution is 2.08. The molecule has 0 unspecified atom stereocenters. The zero-order chi connectivity index (χ0) is 8.97. The van der Waals surface area contributed by atoms with Crippen molar-refractivity contribution in [3.05, 3.63) is 12.0 Å². The van der Waals surface area contributed by atoms with Crippen molar-refractivity contribution in [2.24, 2.45) is 0 Å². The Morgan fingerprint density at radius 1 is 1.83 bits per heavy atom. The molecule has 1 rings (SSSR count). The Bertz CT molecular complexity index is 269. The summed E-state index contributed by atoms with van der Waals surface area (Å²) in [6, 6.07) is 0. The van der Waals surface area contributed by atoms with Crippen molar-refractivity contribution < 1.29 is 9.53 Å². The second-order valence-electron chi connectivity index (χ2n) is 2.10. The van der Waals surface area contributed by atoms with Crippen LogP contribution in [-0.2, 0) is 4.74 Å². The Balaban J connectivity index is 2.79. The minimum atomic E-state index is -0.389. The van der Waals surface area contributed by atoms with Gasteiger partial charge in [-0.25, -0.2) is 9.78 Å². The van der Waals surface area contributed by atoms with E-state index in [4.69, 9.17) is 4.74 Å². The minimum Gasteiger partial charge on any atom is -0.461 e. The lowest BCUT2D eigenvalue weighted by Crippen LogP contribution is -2.07. The van der Waals surface area contributed by atoms with Gasteiger partial charge in [-0.1, -0.05) is 0 Å². The van der Waals surface area contributed by atoms with Gasteiger partial charge in [0.25, 0.3) is 0 Å². The van der Waals surface area contributed by atoms with Gasteiger partial charge in [0.15, 0.2) is 11.5 Å². The van der Waals surface area contributed by atoms with Crippen LogP contribution < -0.4 is 5.32 Å². The van der Waals surface area contributed by atoms with Crippen molar-refractivity contribution in [1.29, 1.82) is 0 Å². The number of anilines is 1. The molecule has 0 radical (unpaired) electrons. The number of imidazole rings is 1. The maximum atomic E-state index is 11.2. The Labute approximate surface area is 70.1 Å². The van der Waals surface area contributed by atoms with Crippen LogP contribution in [-0.4, -0.2) is 29.6 Å². The SMILES string of the molecule is CCOC(=O)c1[nH]cnc1NC. The third kappa shape index (κ3) is 1.55. The number of nitrogens with one attached hydrogen (secondary N) is 2. The fraction of sp³-hybridized carbons (Fsp3) is 0.429. The van der Waals surface area contributed by atoms with E-state index in [0.29, 0.717) is 18.1 Å². The van der Waals surface area contributed by atoms with E-state index in [-0.39, 0.29) is 5.97 Å². The van der Waals surface area contributed by atoms with E-state index in [2.05, 4.69) is 15.3 Å². The fourth-order valence-corrected chi connectivity index (χ4v) is 0.843. The van der Waals surface area contributed by atoms with Crippen LogP contribution in [0.3, 0.4) is 0 Å². The van der Waals surface area contributed by atoms with Gasteiger partial charge >= 0.3 is 5.97 Å². The largest absolute Gasteiger partial charge is 0.461 e. The van der Waals surface area contributed by atoms with Crippen LogP contribution in [0.2, 0.25) is 0 Å². The predicted molar refractivity (Wildman–Crippen MR) is 44.1 cm³/mol. The number of hydrogen-bond donors (Lipinski definition) is 2. The smallest absolute Gasteiger partial charge is 0.358 e. The Morgan fingerprint density at radius 3 is 3.17 bits per heavy atom. The van der Waals surface area contributed by atoms with Crippen LogP contribution in [0.1, 0.15) is 17.4 Å². The van der Waals surface area contributed by atoms with Crippen molar-refractivity contribution in [3.8, 4) is 0 Å². The molecule has 0 bridgehead atoms. The summed E-state index contributed by atoms with van der Waals surface area (Å²) in [4.78, 5) is 17.7. The Morgan fingerprint density at radius 2 is 2.58 bits per heavy atom. The lowest BCUT2D eigenvalue weighted by Gasteiger charge is -2.00. The quantitative estimate of drug-likeness (QED) is 0.651. The molecule has 0 aromatic carbocycles. The number of nitrogens with zero attached hydrogens (tertiary/aromatic N) is 1. The summed E-state index contributed by atoms with van der Waals surface area (Å²) in [6.45, 7) is 2.12. The molecular formula is C7H11N3O2. The van der Waals surface area contributed by atoms with Crippen LogP contribution in [0.5, 0.6) is 0 Å². The summed E-state index contributed by atoms with van der Waals surface area (Å²) in [5.74, 6) is 0.118. The molecule has 1 aromatic heterocycles. The second kappa shape index (κ2) is 3.75. The summed E-state index contributed by atoms with van der Waals surface area (Å²) < 4.78 is 4.78. The molecule has 0 aliphatic heterocycles. The van der Waals surface area contributed by atoms with Crippen LogP contribution in [0.15, 0.2) is 6.33 Å². The molecule has 5 nitrogen and oxygen atoms in total. The van der Waals surface area contributed by atoms with Crippen LogP contribution >= 0.6 is 0 Å². The molecule has 2 N–H and O–H groups in total. The molecule has 66 valence electrons. The van der Waals surface area contributed by atoms with Gasteiger partial charge in [0.05, 0.1) is 12.9 Å². The number of carbonyl (C=O) groups excluding carboxylic acids is 1. The lowest BCUT2D eigenvalue weighted by atomic mass is 10.4. The first-order valence-electron chi connectivity index (χ1n) is 3.67. The summed E-state index contributed by atoms with van der Waals surface area (Å²) in [5.41, 5.74) is 0.361. The van der Waals surface area contributed by atoms with Gasteiger partial charge in [0.2, 0.25) is 0 Å². The molecule has 0 aliphatic rings. The third-order valence-electron chi connectivity index (χ3n) is 1.36. The molecular weight excluding hydrogens is 158 g/mol. The van der Waals surface area contributed by atoms with Crippen LogP contribution in [0, 0.1) is 0 Å². The van der Waals surface area contributed by atoms with Gasteiger partial charge in [-0.05, 0) is 6.92 Å². The van der Waals surface area contributed by atoms with Crippen molar-refractivity contribution in [2.45, 2.75) is 6.92 Å². The lowest BCUT2D eigenvalue weighted by molar-refractivity contribution is 0.0521. The number of aromatic nitrogens is 2. The topological polar surface area (TPSA) is 67.0 Å². The molecule has 0 atom stereocenters. The first kappa shape index (κ1) is 8.58. The molecule has 1 heterocycles. The molecule has 0 aliphatic carbocycles. The highest BCUT2D eigenvalue weighted by Gasteiger charge is 2.13. The van der Waals surface area contributed by atoms with Crippen molar-refractivity contribution in [1.82, 2.24) is 9.97 Å². The number of aromatic amines is 1. The molecule has 0 spiro atoms. The van der Waals surface area contributed by atoms with Gasteiger partial charge in [-0.15, -0.1) is 0 Å². The Kier molecular flexibility index (Phi) is 2.68. The molecule has 1 aromatic rings. The first-order chi connectivity index (χ1) is 5.79. The highest BCUT2D eigenvalue weighted by molar-refractivity contribution is 5.92. The maximum Gasteiger partial charge on any atom is 0.358 e. The van der Waals surface area contributed by atoms with Crippen LogP contribution in [0.25, 0.3) is 0 Å². The minimum absolute atomic E-state index is 0.361. The average molecular weight is 169 g/mol. The van der Waals surface area contributed by atoms with Gasteiger partial charge < -0.3 is 15.0 Å². The average Bonchev–Trinajstić information content (AvgIpc) is 2.51. The summed E-state index contributed by atoms with van der Waals surface area (Å²) in [6.07, 6.45) is 1.44. The Hall–Kier alpha value is -1.52. The molecule has 0 saturated heterocycles. The molecule has 5 heteroatoms. The van der Waals surface area contributed by atoms with E-state index in [1.54, 1.807) is 14.0 Å². The van der Waals surface area contributed by atoms with Gasteiger partial charge in [0, 0.05) is 7.05 Å². The third-order valence-corrected chi connectivity index (χ3v) is 1.36. The fourth-order valence-electron chi connectivity index (χ4n) is 0.843. The normalized spacial score (nSPS) is 9.50. The summed E-state index contributed by atoms with van der Waals surface area (Å²) in [5, 5.41) is 2.77.